The van der Waals surface area contributed by atoms with Gasteiger partial charge in [0.05, 0.1) is 4.90 Å². The summed E-state index contributed by atoms with van der Waals surface area (Å²) in [5, 5.41) is 2.88. The number of carbonyl (C=O) groups excluding carboxylic acids is 1. The van der Waals surface area contributed by atoms with Crippen molar-refractivity contribution in [1.29, 1.82) is 0 Å². The van der Waals surface area contributed by atoms with Crippen molar-refractivity contribution in [3.8, 4) is 0 Å². The average Bonchev–Trinajstić information content (AvgIpc) is 2.53. The zero-order chi connectivity index (χ0) is 17.9. The van der Waals surface area contributed by atoms with Crippen LogP contribution in [0.25, 0.3) is 0 Å². The van der Waals surface area contributed by atoms with Gasteiger partial charge in [-0.25, -0.2) is 13.1 Å². The van der Waals surface area contributed by atoms with Crippen LogP contribution in [-0.2, 0) is 16.6 Å². The zero-order valence-corrected chi connectivity index (χ0v) is 15.1. The van der Waals surface area contributed by atoms with Crippen molar-refractivity contribution in [2.75, 3.05) is 7.05 Å². The van der Waals surface area contributed by atoms with Crippen molar-refractivity contribution >= 4 is 15.9 Å². The van der Waals surface area contributed by atoms with Gasteiger partial charge in [-0.05, 0) is 68.8 Å². The smallest absolute Gasteiger partial charge is 0.251 e. The molecule has 5 nitrogen and oxygen atoms in total. The maximum atomic E-state index is 12.3. The standard InChI is InChI=1S/C18H22N2O3S/c1-12-9-13(2)17(14(3)10-12)11-20-18(21)15-5-7-16(8-6-15)24(22,23)19-4/h5-10,19H,11H2,1-4H3,(H,20,21). The quantitative estimate of drug-likeness (QED) is 0.873. The lowest BCUT2D eigenvalue weighted by atomic mass is 10.00. The predicted octanol–water partition coefficient (Wildman–Crippen LogP) is 2.45. The topological polar surface area (TPSA) is 75.3 Å². The van der Waals surface area contributed by atoms with Crippen LogP contribution in [0.2, 0.25) is 0 Å². The molecule has 0 aliphatic heterocycles. The molecule has 2 N–H and O–H groups in total. The van der Waals surface area contributed by atoms with Crippen LogP contribution in [0.5, 0.6) is 0 Å². The van der Waals surface area contributed by atoms with E-state index < -0.39 is 10.0 Å². The van der Waals surface area contributed by atoms with Crippen molar-refractivity contribution in [3.63, 3.8) is 0 Å². The number of hydrogen-bond donors (Lipinski definition) is 2. The number of hydrogen-bond acceptors (Lipinski definition) is 3. The molecule has 6 heteroatoms. The Morgan fingerprint density at radius 2 is 1.54 bits per heavy atom. The molecule has 0 fully saturated rings. The van der Waals surface area contributed by atoms with E-state index in [9.17, 15) is 13.2 Å². The fraction of sp³-hybridized carbons (Fsp3) is 0.278. The predicted molar refractivity (Wildman–Crippen MR) is 94.5 cm³/mol. The van der Waals surface area contributed by atoms with Crippen LogP contribution in [0.4, 0.5) is 0 Å². The van der Waals surface area contributed by atoms with Crippen molar-refractivity contribution in [3.05, 3.63) is 64.2 Å². The van der Waals surface area contributed by atoms with E-state index in [0.717, 1.165) is 16.7 Å². The third-order valence-electron chi connectivity index (χ3n) is 3.96. The number of sulfonamides is 1. The number of nitrogens with one attached hydrogen (secondary N) is 2. The first-order chi connectivity index (χ1) is 11.2. The number of carbonyl (C=O) groups is 1. The lowest BCUT2D eigenvalue weighted by Crippen LogP contribution is -2.24. The Labute approximate surface area is 143 Å². The summed E-state index contributed by atoms with van der Waals surface area (Å²) in [7, 11) is -2.14. The molecule has 0 aromatic heterocycles. The molecule has 0 atom stereocenters. The highest BCUT2D eigenvalue weighted by molar-refractivity contribution is 7.89. The van der Waals surface area contributed by atoms with Gasteiger partial charge in [0, 0.05) is 12.1 Å². The summed E-state index contributed by atoms with van der Waals surface area (Å²) in [6.07, 6.45) is 0. The van der Waals surface area contributed by atoms with Crippen LogP contribution in [0.15, 0.2) is 41.3 Å². The minimum Gasteiger partial charge on any atom is -0.348 e. The van der Waals surface area contributed by atoms with E-state index in [0.29, 0.717) is 12.1 Å². The fourth-order valence-corrected chi connectivity index (χ4v) is 3.39. The van der Waals surface area contributed by atoms with Crippen LogP contribution in [0.3, 0.4) is 0 Å². The summed E-state index contributed by atoms with van der Waals surface area (Å²) in [6.45, 7) is 6.54. The van der Waals surface area contributed by atoms with Crippen molar-refractivity contribution < 1.29 is 13.2 Å². The number of amides is 1. The Bertz CT molecular complexity index is 833. The van der Waals surface area contributed by atoms with Gasteiger partial charge in [0.2, 0.25) is 10.0 Å². The first kappa shape index (κ1) is 18.2. The second kappa shape index (κ2) is 7.15. The van der Waals surface area contributed by atoms with E-state index in [4.69, 9.17) is 0 Å². The third-order valence-corrected chi connectivity index (χ3v) is 5.39. The summed E-state index contributed by atoms with van der Waals surface area (Å²) in [5.74, 6) is -0.234. The SMILES string of the molecule is CNS(=O)(=O)c1ccc(C(=O)NCc2c(C)cc(C)cc2C)cc1. The lowest BCUT2D eigenvalue weighted by molar-refractivity contribution is 0.0950. The van der Waals surface area contributed by atoms with E-state index in [-0.39, 0.29) is 10.8 Å². The molecule has 128 valence electrons. The molecule has 0 spiro atoms. The summed E-state index contributed by atoms with van der Waals surface area (Å²) in [6, 6.07) is 10.0. The maximum absolute atomic E-state index is 12.3. The van der Waals surface area contributed by atoms with Crippen LogP contribution in [0.1, 0.15) is 32.6 Å². The molecular formula is C18H22N2O3S. The molecule has 0 unspecified atom stereocenters. The van der Waals surface area contributed by atoms with E-state index in [1.165, 1.54) is 36.9 Å². The van der Waals surface area contributed by atoms with E-state index >= 15 is 0 Å². The van der Waals surface area contributed by atoms with Gasteiger partial charge in [0.1, 0.15) is 0 Å². The summed E-state index contributed by atoms with van der Waals surface area (Å²) in [5.41, 5.74) is 5.00. The van der Waals surface area contributed by atoms with E-state index in [2.05, 4.69) is 22.2 Å². The fourth-order valence-electron chi connectivity index (χ4n) is 2.66. The Morgan fingerprint density at radius 3 is 2.04 bits per heavy atom. The second-order valence-electron chi connectivity index (χ2n) is 5.79. The molecule has 0 heterocycles. The molecule has 1 amide bonds. The molecule has 24 heavy (non-hydrogen) atoms. The number of rotatable bonds is 5. The van der Waals surface area contributed by atoms with Gasteiger partial charge in [-0.15, -0.1) is 0 Å². The van der Waals surface area contributed by atoms with Crippen LogP contribution in [0, 0.1) is 20.8 Å². The summed E-state index contributed by atoms with van der Waals surface area (Å²) in [4.78, 5) is 12.4. The van der Waals surface area contributed by atoms with Crippen molar-refractivity contribution in [2.45, 2.75) is 32.2 Å². The van der Waals surface area contributed by atoms with E-state index in [1.54, 1.807) is 0 Å². The highest BCUT2D eigenvalue weighted by Crippen LogP contribution is 2.16. The van der Waals surface area contributed by atoms with Crippen LogP contribution >= 0.6 is 0 Å². The molecule has 2 aromatic carbocycles. The van der Waals surface area contributed by atoms with Gasteiger partial charge in [0.15, 0.2) is 0 Å². The second-order valence-corrected chi connectivity index (χ2v) is 7.68. The molecule has 0 aliphatic carbocycles. The Hall–Kier alpha value is -2.18. The van der Waals surface area contributed by atoms with Gasteiger partial charge in [-0.1, -0.05) is 17.7 Å². The maximum Gasteiger partial charge on any atom is 0.251 e. The minimum atomic E-state index is -3.49. The first-order valence-electron chi connectivity index (χ1n) is 7.63. The van der Waals surface area contributed by atoms with E-state index in [1.807, 2.05) is 20.8 Å². The highest BCUT2D eigenvalue weighted by Gasteiger charge is 2.13. The average molecular weight is 346 g/mol. The summed E-state index contributed by atoms with van der Waals surface area (Å²) < 4.78 is 25.6. The van der Waals surface area contributed by atoms with Crippen LogP contribution in [-0.4, -0.2) is 21.4 Å². The number of aryl methyl sites for hydroxylation is 3. The van der Waals surface area contributed by atoms with Gasteiger partial charge < -0.3 is 5.32 Å². The molecule has 0 radical (unpaired) electrons. The van der Waals surface area contributed by atoms with Crippen molar-refractivity contribution in [1.82, 2.24) is 10.0 Å². The molecule has 0 saturated heterocycles. The normalized spacial score (nSPS) is 11.3. The minimum absolute atomic E-state index is 0.131. The Morgan fingerprint density at radius 1 is 1.00 bits per heavy atom. The molecule has 2 aromatic rings. The molecule has 0 bridgehead atoms. The number of benzene rings is 2. The third kappa shape index (κ3) is 4.01. The first-order valence-corrected chi connectivity index (χ1v) is 9.11. The highest BCUT2D eigenvalue weighted by atomic mass is 32.2. The van der Waals surface area contributed by atoms with Crippen LogP contribution < -0.4 is 10.0 Å². The van der Waals surface area contributed by atoms with Gasteiger partial charge >= 0.3 is 0 Å². The van der Waals surface area contributed by atoms with Crippen molar-refractivity contribution in [2.24, 2.45) is 0 Å². The molecule has 2 rings (SSSR count). The zero-order valence-electron chi connectivity index (χ0n) is 14.3. The summed E-state index contributed by atoms with van der Waals surface area (Å²) >= 11 is 0. The monoisotopic (exact) mass is 346 g/mol. The molecular weight excluding hydrogens is 324 g/mol. The van der Waals surface area contributed by atoms with Gasteiger partial charge in [0.25, 0.3) is 5.91 Å². The molecule has 0 aliphatic rings. The Kier molecular flexibility index (Phi) is 5.41. The van der Waals surface area contributed by atoms with Gasteiger partial charge in [-0.3, -0.25) is 4.79 Å². The lowest BCUT2D eigenvalue weighted by Gasteiger charge is -2.12. The molecule has 0 saturated carbocycles. The largest absolute Gasteiger partial charge is 0.348 e. The van der Waals surface area contributed by atoms with Gasteiger partial charge in [-0.2, -0.15) is 0 Å². The Balaban J connectivity index is 2.11.